The van der Waals surface area contributed by atoms with E-state index in [1.807, 2.05) is 5.32 Å². The zero-order valence-corrected chi connectivity index (χ0v) is 8.61. The summed E-state index contributed by atoms with van der Waals surface area (Å²) in [5.74, 6) is -6.48. The molecule has 1 rings (SSSR count). The fourth-order valence-electron chi connectivity index (χ4n) is 1.54. The molecule has 1 unspecified atom stereocenters. The Morgan fingerprint density at radius 1 is 1.31 bits per heavy atom. The maximum absolute atomic E-state index is 12.6. The Balaban J connectivity index is 2.49. The van der Waals surface area contributed by atoms with Crippen molar-refractivity contribution in [1.29, 1.82) is 0 Å². The third kappa shape index (κ3) is 3.33. The largest absolute Gasteiger partial charge is 0.383 e. The molecule has 0 aliphatic carbocycles. The first-order chi connectivity index (χ1) is 7.44. The molecule has 1 atom stereocenters. The number of hydrogen-bond acceptors (Lipinski definition) is 2. The number of alkyl halides is 4. The summed E-state index contributed by atoms with van der Waals surface area (Å²) in [6, 6.07) is -0.452. The number of rotatable bonds is 3. The van der Waals surface area contributed by atoms with Crippen LogP contribution in [0.15, 0.2) is 0 Å². The molecule has 0 aromatic carbocycles. The molecule has 0 saturated carbocycles. The van der Waals surface area contributed by atoms with Crippen molar-refractivity contribution in [2.24, 2.45) is 0 Å². The van der Waals surface area contributed by atoms with Crippen molar-refractivity contribution in [2.45, 2.75) is 37.7 Å². The molecule has 0 spiro atoms. The van der Waals surface area contributed by atoms with Crippen LogP contribution in [-0.2, 0) is 4.79 Å². The second-order valence-electron chi connectivity index (χ2n) is 3.77. The minimum atomic E-state index is -4.60. The van der Waals surface area contributed by atoms with Gasteiger partial charge in [0.25, 0.3) is 5.91 Å². The van der Waals surface area contributed by atoms with Gasteiger partial charge in [0.2, 0.25) is 0 Å². The first-order valence-electron chi connectivity index (χ1n) is 5.12. The van der Waals surface area contributed by atoms with Crippen LogP contribution < -0.4 is 10.6 Å². The average Bonchev–Trinajstić information content (AvgIpc) is 2.46. The number of carbonyl (C=O) groups excluding carboxylic acids is 1. The summed E-state index contributed by atoms with van der Waals surface area (Å²) < 4.78 is 49.0. The van der Waals surface area contributed by atoms with E-state index in [0.29, 0.717) is 19.4 Å². The van der Waals surface area contributed by atoms with Gasteiger partial charge >= 0.3 is 12.3 Å². The monoisotopic (exact) mass is 242 g/mol. The minimum absolute atomic E-state index is 0.452. The Hall–Kier alpha value is -0.850. The Kier molecular flexibility index (Phi) is 4.52. The van der Waals surface area contributed by atoms with Gasteiger partial charge < -0.3 is 10.6 Å². The van der Waals surface area contributed by atoms with Crippen molar-refractivity contribution in [1.82, 2.24) is 10.6 Å². The lowest BCUT2D eigenvalue weighted by molar-refractivity contribution is -0.170. The molecule has 1 aliphatic heterocycles. The predicted octanol–water partition coefficient (Wildman–Crippen LogP) is 1.15. The summed E-state index contributed by atoms with van der Waals surface area (Å²) >= 11 is 0. The van der Waals surface area contributed by atoms with Crippen molar-refractivity contribution in [2.75, 3.05) is 13.1 Å². The van der Waals surface area contributed by atoms with E-state index < -0.39 is 24.3 Å². The maximum atomic E-state index is 12.6. The zero-order chi connectivity index (χ0) is 12.2. The van der Waals surface area contributed by atoms with Crippen LogP contribution in [0.1, 0.15) is 19.3 Å². The molecule has 0 bridgehead atoms. The summed E-state index contributed by atoms with van der Waals surface area (Å²) in [6.45, 7) is 1.34. The number of carbonyl (C=O) groups is 1. The van der Waals surface area contributed by atoms with Gasteiger partial charge in [-0.15, -0.1) is 0 Å². The van der Waals surface area contributed by atoms with E-state index in [1.54, 1.807) is 0 Å². The quantitative estimate of drug-likeness (QED) is 0.729. The molecule has 0 aromatic heterocycles. The smallest absolute Gasteiger partial charge is 0.348 e. The molecule has 1 fully saturated rings. The first-order valence-corrected chi connectivity index (χ1v) is 5.12. The van der Waals surface area contributed by atoms with Crippen LogP contribution >= 0.6 is 0 Å². The van der Waals surface area contributed by atoms with E-state index in [0.717, 1.165) is 13.0 Å². The Morgan fingerprint density at radius 2 is 2.00 bits per heavy atom. The third-order valence-corrected chi connectivity index (χ3v) is 2.49. The third-order valence-electron chi connectivity index (χ3n) is 2.49. The zero-order valence-electron chi connectivity index (χ0n) is 8.61. The van der Waals surface area contributed by atoms with Gasteiger partial charge in [0.15, 0.2) is 0 Å². The number of amides is 1. The van der Waals surface area contributed by atoms with Crippen molar-refractivity contribution >= 4 is 5.91 Å². The van der Waals surface area contributed by atoms with Gasteiger partial charge in [-0.3, -0.25) is 4.79 Å². The average molecular weight is 242 g/mol. The standard InChI is InChI=1S/C9H14F4N2O/c10-7(11)9(12,13)8(16)15-6-2-1-4-14-5-3-6/h6-7,14H,1-5H2,(H,15,16). The summed E-state index contributed by atoms with van der Waals surface area (Å²) in [6.07, 6.45) is -2.23. The highest BCUT2D eigenvalue weighted by molar-refractivity contribution is 5.84. The molecular formula is C9H14F4N2O. The lowest BCUT2D eigenvalue weighted by atomic mass is 10.1. The van der Waals surface area contributed by atoms with E-state index >= 15 is 0 Å². The van der Waals surface area contributed by atoms with E-state index in [4.69, 9.17) is 0 Å². The van der Waals surface area contributed by atoms with Crippen LogP contribution in [0.2, 0.25) is 0 Å². The molecule has 0 aromatic rings. The van der Waals surface area contributed by atoms with Gasteiger partial charge in [-0.25, -0.2) is 8.78 Å². The van der Waals surface area contributed by atoms with Gasteiger partial charge in [-0.2, -0.15) is 8.78 Å². The van der Waals surface area contributed by atoms with Crippen LogP contribution in [0.25, 0.3) is 0 Å². The summed E-state index contributed by atoms with van der Waals surface area (Å²) in [4.78, 5) is 10.9. The van der Waals surface area contributed by atoms with Crippen molar-refractivity contribution in [3.63, 3.8) is 0 Å². The summed E-state index contributed by atoms with van der Waals surface area (Å²) in [5, 5.41) is 5.00. The normalized spacial score (nSPS) is 22.9. The number of halogens is 4. The Morgan fingerprint density at radius 3 is 2.62 bits per heavy atom. The molecule has 7 heteroatoms. The molecule has 94 valence electrons. The van der Waals surface area contributed by atoms with Gasteiger partial charge in [-0.1, -0.05) is 0 Å². The molecule has 16 heavy (non-hydrogen) atoms. The van der Waals surface area contributed by atoms with Crippen LogP contribution in [0.5, 0.6) is 0 Å². The van der Waals surface area contributed by atoms with Gasteiger partial charge in [0.05, 0.1) is 0 Å². The van der Waals surface area contributed by atoms with E-state index in [-0.39, 0.29) is 0 Å². The molecule has 1 saturated heterocycles. The van der Waals surface area contributed by atoms with Crippen LogP contribution in [0.3, 0.4) is 0 Å². The molecule has 1 aliphatic rings. The predicted molar refractivity (Wildman–Crippen MR) is 49.6 cm³/mol. The van der Waals surface area contributed by atoms with Crippen LogP contribution in [-0.4, -0.2) is 37.4 Å². The topological polar surface area (TPSA) is 41.1 Å². The molecule has 2 N–H and O–H groups in total. The van der Waals surface area contributed by atoms with E-state index in [1.165, 1.54) is 0 Å². The van der Waals surface area contributed by atoms with E-state index in [2.05, 4.69) is 5.32 Å². The first kappa shape index (κ1) is 13.2. The van der Waals surface area contributed by atoms with Crippen molar-refractivity contribution in [3.05, 3.63) is 0 Å². The van der Waals surface area contributed by atoms with Crippen LogP contribution in [0.4, 0.5) is 17.6 Å². The minimum Gasteiger partial charge on any atom is -0.348 e. The Labute approximate surface area is 90.6 Å². The maximum Gasteiger partial charge on any atom is 0.383 e. The summed E-state index contributed by atoms with van der Waals surface area (Å²) in [7, 11) is 0. The second-order valence-corrected chi connectivity index (χ2v) is 3.77. The van der Waals surface area contributed by atoms with Gasteiger partial charge in [0, 0.05) is 6.04 Å². The fraction of sp³-hybridized carbons (Fsp3) is 0.889. The lowest BCUT2D eigenvalue weighted by Crippen LogP contribution is -2.49. The highest BCUT2D eigenvalue weighted by Gasteiger charge is 2.49. The fourth-order valence-corrected chi connectivity index (χ4v) is 1.54. The SMILES string of the molecule is O=C(NC1CCCNCC1)C(F)(F)C(F)F. The van der Waals surface area contributed by atoms with Crippen LogP contribution in [0, 0.1) is 0 Å². The molecular weight excluding hydrogens is 228 g/mol. The van der Waals surface area contributed by atoms with Gasteiger partial charge in [-0.05, 0) is 32.4 Å². The van der Waals surface area contributed by atoms with Crippen molar-refractivity contribution in [3.8, 4) is 0 Å². The van der Waals surface area contributed by atoms with E-state index in [9.17, 15) is 22.4 Å². The van der Waals surface area contributed by atoms with Crippen molar-refractivity contribution < 1.29 is 22.4 Å². The summed E-state index contributed by atoms with van der Waals surface area (Å²) in [5.41, 5.74) is 0. The van der Waals surface area contributed by atoms with Gasteiger partial charge in [0.1, 0.15) is 0 Å². The second kappa shape index (κ2) is 5.47. The highest BCUT2D eigenvalue weighted by Crippen LogP contribution is 2.23. The molecule has 1 amide bonds. The molecule has 0 radical (unpaired) electrons. The number of nitrogens with one attached hydrogen (secondary N) is 2. The molecule has 1 heterocycles. The molecule has 3 nitrogen and oxygen atoms in total. The highest BCUT2D eigenvalue weighted by atomic mass is 19.3. The number of hydrogen-bond donors (Lipinski definition) is 2. The lowest BCUT2D eigenvalue weighted by Gasteiger charge is -2.20. The Bertz CT molecular complexity index is 240.